The predicted molar refractivity (Wildman–Crippen MR) is 54.5 cm³/mol. The fourth-order valence-corrected chi connectivity index (χ4v) is 1.47. The zero-order chi connectivity index (χ0) is 9.84. The van der Waals surface area contributed by atoms with Crippen LogP contribution in [0.4, 0.5) is 0 Å². The quantitative estimate of drug-likeness (QED) is 0.768. The minimum atomic E-state index is 0.439. The van der Waals surface area contributed by atoms with Crippen molar-refractivity contribution in [3.63, 3.8) is 0 Å². The molecule has 3 nitrogen and oxygen atoms in total. The highest BCUT2D eigenvalue weighted by Gasteiger charge is 2.11. The van der Waals surface area contributed by atoms with Gasteiger partial charge in [0.25, 0.3) is 0 Å². The van der Waals surface area contributed by atoms with Crippen LogP contribution in [0.25, 0.3) is 0 Å². The van der Waals surface area contributed by atoms with Crippen LogP contribution in [-0.4, -0.2) is 15.8 Å². The van der Waals surface area contributed by atoms with E-state index in [1.807, 2.05) is 17.9 Å². The summed E-state index contributed by atoms with van der Waals surface area (Å²) in [7, 11) is 1.95. The van der Waals surface area contributed by atoms with Crippen molar-refractivity contribution in [1.29, 1.82) is 0 Å². The van der Waals surface area contributed by atoms with Crippen molar-refractivity contribution in [2.24, 2.45) is 7.05 Å². The summed E-state index contributed by atoms with van der Waals surface area (Å²) in [6.45, 7) is 6.52. The van der Waals surface area contributed by atoms with Gasteiger partial charge in [-0.05, 0) is 6.42 Å². The van der Waals surface area contributed by atoms with Crippen LogP contribution >= 0.6 is 0 Å². The van der Waals surface area contributed by atoms with E-state index in [4.69, 9.17) is 0 Å². The molecule has 13 heavy (non-hydrogen) atoms. The van der Waals surface area contributed by atoms with Gasteiger partial charge in [0, 0.05) is 30.9 Å². The molecule has 3 heteroatoms. The third-order valence-electron chi connectivity index (χ3n) is 2.07. The Hall–Kier alpha value is -0.830. The molecule has 0 spiro atoms. The molecule has 0 fully saturated rings. The van der Waals surface area contributed by atoms with Crippen LogP contribution in [0, 0.1) is 0 Å². The lowest BCUT2D eigenvalue weighted by Crippen LogP contribution is -2.27. The standard InChI is InChI=1S/C10H19N3/c1-5-10(12-8(2)3)9-6-11-13(4)7-9/h6-8,10,12H,5H2,1-4H3. The number of hydrogen-bond donors (Lipinski definition) is 1. The zero-order valence-electron chi connectivity index (χ0n) is 8.91. The molecule has 0 aliphatic heterocycles. The Bertz CT molecular complexity index is 252. The maximum atomic E-state index is 4.17. The first-order valence-electron chi connectivity index (χ1n) is 4.88. The van der Waals surface area contributed by atoms with E-state index in [0.717, 1.165) is 6.42 Å². The summed E-state index contributed by atoms with van der Waals surface area (Å²) in [6, 6.07) is 0.957. The van der Waals surface area contributed by atoms with Gasteiger partial charge >= 0.3 is 0 Å². The SMILES string of the molecule is CCC(NC(C)C)c1cnn(C)c1. The van der Waals surface area contributed by atoms with Gasteiger partial charge in [0.2, 0.25) is 0 Å². The van der Waals surface area contributed by atoms with Gasteiger partial charge in [0.15, 0.2) is 0 Å². The average molecular weight is 181 g/mol. The van der Waals surface area contributed by atoms with Gasteiger partial charge in [-0.3, -0.25) is 4.68 Å². The number of rotatable bonds is 4. The van der Waals surface area contributed by atoms with Crippen LogP contribution in [0.1, 0.15) is 38.8 Å². The largest absolute Gasteiger partial charge is 0.308 e. The minimum Gasteiger partial charge on any atom is -0.308 e. The van der Waals surface area contributed by atoms with Gasteiger partial charge in [0.05, 0.1) is 6.20 Å². The first-order valence-corrected chi connectivity index (χ1v) is 4.88. The normalized spacial score (nSPS) is 13.6. The molecule has 1 aromatic rings. The van der Waals surface area contributed by atoms with E-state index in [1.165, 1.54) is 5.56 Å². The van der Waals surface area contributed by atoms with Crippen molar-refractivity contribution in [3.8, 4) is 0 Å². The molecule has 1 heterocycles. The first-order chi connectivity index (χ1) is 6.13. The highest BCUT2D eigenvalue weighted by atomic mass is 15.2. The van der Waals surface area contributed by atoms with Crippen molar-refractivity contribution in [2.75, 3.05) is 0 Å². The molecule has 0 aliphatic rings. The lowest BCUT2D eigenvalue weighted by Gasteiger charge is -2.18. The number of aromatic nitrogens is 2. The summed E-state index contributed by atoms with van der Waals surface area (Å²) in [4.78, 5) is 0. The van der Waals surface area contributed by atoms with Crippen LogP contribution in [0.5, 0.6) is 0 Å². The minimum absolute atomic E-state index is 0.439. The van der Waals surface area contributed by atoms with E-state index in [0.29, 0.717) is 12.1 Å². The smallest absolute Gasteiger partial charge is 0.0537 e. The third kappa shape index (κ3) is 2.84. The molecule has 1 rings (SSSR count). The fraction of sp³-hybridized carbons (Fsp3) is 0.700. The Kier molecular flexibility index (Phi) is 3.48. The molecule has 1 atom stereocenters. The van der Waals surface area contributed by atoms with Gasteiger partial charge < -0.3 is 5.32 Å². The van der Waals surface area contributed by atoms with Crippen LogP contribution in [0.3, 0.4) is 0 Å². The molecule has 0 bridgehead atoms. The average Bonchev–Trinajstić information content (AvgIpc) is 2.47. The Balaban J connectivity index is 2.66. The number of nitrogens with zero attached hydrogens (tertiary/aromatic N) is 2. The number of nitrogens with one attached hydrogen (secondary N) is 1. The van der Waals surface area contributed by atoms with Crippen LogP contribution in [-0.2, 0) is 7.05 Å². The fourth-order valence-electron chi connectivity index (χ4n) is 1.47. The topological polar surface area (TPSA) is 29.9 Å². The maximum Gasteiger partial charge on any atom is 0.0537 e. The highest BCUT2D eigenvalue weighted by Crippen LogP contribution is 2.15. The number of hydrogen-bond acceptors (Lipinski definition) is 2. The van der Waals surface area contributed by atoms with Crippen molar-refractivity contribution < 1.29 is 0 Å². The maximum absolute atomic E-state index is 4.17. The highest BCUT2D eigenvalue weighted by molar-refractivity contribution is 5.10. The van der Waals surface area contributed by atoms with Crippen molar-refractivity contribution in [2.45, 2.75) is 39.3 Å². The first kappa shape index (κ1) is 10.3. The molecule has 0 radical (unpaired) electrons. The molecule has 0 saturated heterocycles. The summed E-state index contributed by atoms with van der Waals surface area (Å²) in [5.41, 5.74) is 1.28. The van der Waals surface area contributed by atoms with Crippen LogP contribution in [0.15, 0.2) is 12.4 Å². The molecule has 1 unspecified atom stereocenters. The summed E-state index contributed by atoms with van der Waals surface area (Å²) >= 11 is 0. The Morgan fingerprint density at radius 1 is 1.54 bits per heavy atom. The van der Waals surface area contributed by atoms with Gasteiger partial charge in [-0.15, -0.1) is 0 Å². The van der Waals surface area contributed by atoms with Crippen LogP contribution in [0.2, 0.25) is 0 Å². The Morgan fingerprint density at radius 2 is 2.23 bits per heavy atom. The predicted octanol–water partition coefficient (Wildman–Crippen LogP) is 1.87. The van der Waals surface area contributed by atoms with E-state index < -0.39 is 0 Å². The molecule has 1 N–H and O–H groups in total. The summed E-state index contributed by atoms with van der Waals surface area (Å²) in [5, 5.41) is 7.68. The number of aryl methyl sites for hydroxylation is 1. The second kappa shape index (κ2) is 4.42. The van der Waals surface area contributed by atoms with E-state index in [9.17, 15) is 0 Å². The van der Waals surface area contributed by atoms with Crippen molar-refractivity contribution in [3.05, 3.63) is 18.0 Å². The molecule has 0 aromatic carbocycles. The molecular weight excluding hydrogens is 162 g/mol. The molecule has 0 aliphatic carbocycles. The van der Waals surface area contributed by atoms with Crippen LogP contribution < -0.4 is 5.32 Å². The van der Waals surface area contributed by atoms with E-state index >= 15 is 0 Å². The second-order valence-electron chi connectivity index (χ2n) is 3.73. The lowest BCUT2D eigenvalue weighted by atomic mass is 10.1. The molecular formula is C10H19N3. The van der Waals surface area contributed by atoms with E-state index in [1.54, 1.807) is 0 Å². The van der Waals surface area contributed by atoms with Gasteiger partial charge in [-0.25, -0.2) is 0 Å². The Labute approximate surface area is 80.1 Å². The van der Waals surface area contributed by atoms with Crippen molar-refractivity contribution >= 4 is 0 Å². The van der Waals surface area contributed by atoms with Gasteiger partial charge in [-0.1, -0.05) is 20.8 Å². The monoisotopic (exact) mass is 181 g/mol. The summed E-state index contributed by atoms with van der Waals surface area (Å²) in [5.74, 6) is 0. The molecule has 0 amide bonds. The zero-order valence-corrected chi connectivity index (χ0v) is 8.91. The molecule has 74 valence electrons. The Morgan fingerprint density at radius 3 is 2.62 bits per heavy atom. The third-order valence-corrected chi connectivity index (χ3v) is 2.07. The molecule has 0 saturated carbocycles. The van der Waals surface area contributed by atoms with Gasteiger partial charge in [0.1, 0.15) is 0 Å². The summed E-state index contributed by atoms with van der Waals surface area (Å²) < 4.78 is 1.85. The second-order valence-corrected chi connectivity index (χ2v) is 3.73. The molecule has 1 aromatic heterocycles. The van der Waals surface area contributed by atoms with Gasteiger partial charge in [-0.2, -0.15) is 5.10 Å². The van der Waals surface area contributed by atoms with E-state index in [-0.39, 0.29) is 0 Å². The summed E-state index contributed by atoms with van der Waals surface area (Å²) in [6.07, 6.45) is 5.11. The van der Waals surface area contributed by atoms with E-state index in [2.05, 4.69) is 37.4 Å². The van der Waals surface area contributed by atoms with Crippen molar-refractivity contribution in [1.82, 2.24) is 15.1 Å². The lowest BCUT2D eigenvalue weighted by molar-refractivity contribution is 0.466.